The average molecular weight is 305 g/mol. The van der Waals surface area contributed by atoms with Gasteiger partial charge in [0.05, 0.1) is 6.04 Å². The number of amides is 1. The lowest BCUT2D eigenvalue weighted by Gasteiger charge is -2.20. The summed E-state index contributed by atoms with van der Waals surface area (Å²) in [5.74, 6) is -0.169. The molecule has 0 aliphatic carbocycles. The molecule has 116 valence electrons. The third-order valence-corrected chi connectivity index (χ3v) is 3.26. The zero-order valence-electron chi connectivity index (χ0n) is 12.1. The fraction of sp³-hybridized carbons (Fsp3) is 0.235. The molecule has 2 aromatic carbocycles. The van der Waals surface area contributed by atoms with Gasteiger partial charge in [-0.1, -0.05) is 43.3 Å². The van der Waals surface area contributed by atoms with Crippen LogP contribution in [0.25, 0.3) is 0 Å². The largest absolute Gasteiger partial charge is 0.434 e. The van der Waals surface area contributed by atoms with E-state index in [1.807, 2.05) is 13.0 Å². The number of carbonyl (C=O) groups is 1. The van der Waals surface area contributed by atoms with Gasteiger partial charge >= 0.3 is 6.61 Å². The highest BCUT2D eigenvalue weighted by Crippen LogP contribution is 2.28. The van der Waals surface area contributed by atoms with Crippen LogP contribution in [0.15, 0.2) is 54.6 Å². The fourth-order valence-electron chi connectivity index (χ4n) is 2.20. The lowest BCUT2D eigenvalue weighted by Crippen LogP contribution is -2.28. The van der Waals surface area contributed by atoms with Gasteiger partial charge < -0.3 is 10.1 Å². The quantitative estimate of drug-likeness (QED) is 0.870. The van der Waals surface area contributed by atoms with Gasteiger partial charge in [-0.05, 0) is 24.6 Å². The number of halogens is 2. The SMILES string of the molecule is CCC(NC(=O)c1ccccc1)c1ccccc1OC(F)F. The number of carbonyl (C=O) groups excluding carboxylic acids is 1. The molecule has 3 nitrogen and oxygen atoms in total. The van der Waals surface area contributed by atoms with Crippen molar-refractivity contribution in [2.24, 2.45) is 0 Å². The van der Waals surface area contributed by atoms with E-state index < -0.39 is 12.7 Å². The van der Waals surface area contributed by atoms with Crippen molar-refractivity contribution in [1.82, 2.24) is 5.32 Å². The number of para-hydroxylation sites is 1. The van der Waals surface area contributed by atoms with Crippen molar-refractivity contribution in [3.05, 3.63) is 65.7 Å². The van der Waals surface area contributed by atoms with Gasteiger partial charge in [0, 0.05) is 11.1 Å². The van der Waals surface area contributed by atoms with E-state index in [9.17, 15) is 13.6 Å². The number of benzene rings is 2. The Kier molecular flexibility index (Phi) is 5.47. The Hall–Kier alpha value is -2.43. The molecule has 2 rings (SSSR count). The zero-order valence-corrected chi connectivity index (χ0v) is 12.1. The van der Waals surface area contributed by atoms with Crippen molar-refractivity contribution in [3.63, 3.8) is 0 Å². The minimum Gasteiger partial charge on any atom is -0.434 e. The van der Waals surface area contributed by atoms with Crippen LogP contribution in [-0.2, 0) is 0 Å². The van der Waals surface area contributed by atoms with E-state index in [0.29, 0.717) is 17.5 Å². The van der Waals surface area contributed by atoms with Gasteiger partial charge in [0.25, 0.3) is 5.91 Å². The monoisotopic (exact) mass is 305 g/mol. The second-order valence-corrected chi connectivity index (χ2v) is 4.72. The van der Waals surface area contributed by atoms with Crippen molar-refractivity contribution in [1.29, 1.82) is 0 Å². The summed E-state index contributed by atoms with van der Waals surface area (Å²) in [7, 11) is 0. The minimum atomic E-state index is -2.90. The van der Waals surface area contributed by atoms with E-state index in [4.69, 9.17) is 0 Å². The van der Waals surface area contributed by atoms with Crippen molar-refractivity contribution >= 4 is 5.91 Å². The number of hydrogen-bond acceptors (Lipinski definition) is 2. The normalized spacial score (nSPS) is 12.0. The lowest BCUT2D eigenvalue weighted by molar-refractivity contribution is -0.0506. The third-order valence-electron chi connectivity index (χ3n) is 3.26. The molecule has 0 fully saturated rings. The summed E-state index contributed by atoms with van der Waals surface area (Å²) in [5.41, 5.74) is 1.06. The van der Waals surface area contributed by atoms with E-state index in [-0.39, 0.29) is 11.7 Å². The van der Waals surface area contributed by atoms with Crippen LogP contribution in [0.2, 0.25) is 0 Å². The molecule has 22 heavy (non-hydrogen) atoms. The van der Waals surface area contributed by atoms with Crippen molar-refractivity contribution in [3.8, 4) is 5.75 Å². The second-order valence-electron chi connectivity index (χ2n) is 4.72. The van der Waals surface area contributed by atoms with E-state index in [1.165, 1.54) is 6.07 Å². The molecule has 2 aromatic rings. The standard InChI is InChI=1S/C17H17F2NO2/c1-2-14(20-16(21)12-8-4-3-5-9-12)13-10-6-7-11-15(13)22-17(18)19/h3-11,14,17H,2H2,1H3,(H,20,21). The highest BCUT2D eigenvalue weighted by atomic mass is 19.3. The average Bonchev–Trinajstić information content (AvgIpc) is 2.53. The molecule has 5 heteroatoms. The van der Waals surface area contributed by atoms with Crippen LogP contribution in [0.3, 0.4) is 0 Å². The van der Waals surface area contributed by atoms with Crippen LogP contribution in [0.5, 0.6) is 5.75 Å². The summed E-state index contributed by atoms with van der Waals surface area (Å²) in [6.45, 7) is -1.03. The molecule has 1 atom stereocenters. The summed E-state index contributed by atoms with van der Waals surface area (Å²) >= 11 is 0. The smallest absolute Gasteiger partial charge is 0.387 e. The maximum Gasteiger partial charge on any atom is 0.387 e. The van der Waals surface area contributed by atoms with Crippen molar-refractivity contribution < 1.29 is 18.3 Å². The van der Waals surface area contributed by atoms with Crippen LogP contribution in [0, 0.1) is 0 Å². The highest BCUT2D eigenvalue weighted by molar-refractivity contribution is 5.94. The van der Waals surface area contributed by atoms with Gasteiger partial charge in [-0.2, -0.15) is 8.78 Å². The summed E-state index contributed by atoms with van der Waals surface area (Å²) in [6.07, 6.45) is 0.558. The van der Waals surface area contributed by atoms with Gasteiger partial charge in [0.2, 0.25) is 0 Å². The summed E-state index contributed by atoms with van der Waals surface area (Å²) in [6, 6.07) is 14.8. The molecule has 0 aromatic heterocycles. The summed E-state index contributed by atoms with van der Waals surface area (Å²) in [4.78, 5) is 12.2. The third kappa shape index (κ3) is 4.04. The maximum absolute atomic E-state index is 12.5. The van der Waals surface area contributed by atoms with E-state index in [2.05, 4.69) is 10.1 Å². The zero-order chi connectivity index (χ0) is 15.9. The first-order valence-corrected chi connectivity index (χ1v) is 7.01. The van der Waals surface area contributed by atoms with Gasteiger partial charge in [0.15, 0.2) is 0 Å². The number of ether oxygens (including phenoxy) is 1. The number of hydrogen-bond donors (Lipinski definition) is 1. The molecule has 0 bridgehead atoms. The predicted molar refractivity (Wildman–Crippen MR) is 80.0 cm³/mol. The fourth-order valence-corrected chi connectivity index (χ4v) is 2.20. The molecule has 0 saturated heterocycles. The molecule has 1 unspecified atom stereocenters. The van der Waals surface area contributed by atoms with Gasteiger partial charge in [-0.3, -0.25) is 4.79 Å². The Morgan fingerprint density at radius 3 is 2.36 bits per heavy atom. The topological polar surface area (TPSA) is 38.3 Å². The van der Waals surface area contributed by atoms with E-state index in [1.54, 1.807) is 42.5 Å². The number of nitrogens with one attached hydrogen (secondary N) is 1. The molecule has 0 heterocycles. The molecule has 0 saturated carbocycles. The Morgan fingerprint density at radius 2 is 1.73 bits per heavy atom. The van der Waals surface area contributed by atoms with Crippen molar-refractivity contribution in [2.75, 3.05) is 0 Å². The van der Waals surface area contributed by atoms with Crippen LogP contribution in [0.1, 0.15) is 35.3 Å². The first kappa shape index (κ1) is 15.9. The summed E-state index contributed by atoms with van der Waals surface area (Å²) < 4.78 is 29.5. The molecular weight excluding hydrogens is 288 g/mol. The van der Waals surface area contributed by atoms with Crippen LogP contribution < -0.4 is 10.1 Å². The lowest BCUT2D eigenvalue weighted by atomic mass is 10.0. The second kappa shape index (κ2) is 7.54. The molecular formula is C17H17F2NO2. The first-order valence-electron chi connectivity index (χ1n) is 7.01. The molecule has 1 amide bonds. The first-order chi connectivity index (χ1) is 10.6. The molecule has 0 radical (unpaired) electrons. The van der Waals surface area contributed by atoms with Crippen LogP contribution in [0.4, 0.5) is 8.78 Å². The van der Waals surface area contributed by atoms with Gasteiger partial charge in [-0.15, -0.1) is 0 Å². The van der Waals surface area contributed by atoms with E-state index in [0.717, 1.165) is 0 Å². The summed E-state index contributed by atoms with van der Waals surface area (Å²) in [5, 5.41) is 2.85. The number of alkyl halides is 2. The Morgan fingerprint density at radius 1 is 1.09 bits per heavy atom. The Balaban J connectivity index is 2.20. The highest BCUT2D eigenvalue weighted by Gasteiger charge is 2.19. The van der Waals surface area contributed by atoms with Crippen LogP contribution >= 0.6 is 0 Å². The molecule has 0 aliphatic rings. The van der Waals surface area contributed by atoms with Gasteiger partial charge in [-0.25, -0.2) is 0 Å². The van der Waals surface area contributed by atoms with Crippen molar-refractivity contribution in [2.45, 2.75) is 26.0 Å². The Labute approximate surface area is 127 Å². The Bertz CT molecular complexity index is 617. The minimum absolute atomic E-state index is 0.0812. The molecule has 0 aliphatic heterocycles. The number of rotatable bonds is 6. The van der Waals surface area contributed by atoms with Gasteiger partial charge in [0.1, 0.15) is 5.75 Å². The maximum atomic E-state index is 12.5. The molecule has 0 spiro atoms. The van der Waals surface area contributed by atoms with E-state index >= 15 is 0 Å². The molecule has 1 N–H and O–H groups in total. The predicted octanol–water partition coefficient (Wildman–Crippen LogP) is 4.17. The van der Waals surface area contributed by atoms with Crippen LogP contribution in [-0.4, -0.2) is 12.5 Å².